The van der Waals surface area contributed by atoms with Gasteiger partial charge in [-0.2, -0.15) is 0 Å². The molecule has 2 N–H and O–H groups in total. The van der Waals surface area contributed by atoms with E-state index < -0.39 is 40.3 Å². The average molecular weight is 374 g/mol. The molecule has 0 aromatic carbocycles. The van der Waals surface area contributed by atoms with Gasteiger partial charge < -0.3 is 19.7 Å². The third kappa shape index (κ3) is 1.54. The van der Waals surface area contributed by atoms with Crippen molar-refractivity contribution < 1.29 is 34.1 Å². The number of ketones is 2. The van der Waals surface area contributed by atoms with Crippen LogP contribution in [0, 0.1) is 28.6 Å². The summed E-state index contributed by atoms with van der Waals surface area (Å²) in [7, 11) is 0. The number of rotatable bonds is 1. The van der Waals surface area contributed by atoms with E-state index >= 15 is 0 Å². The van der Waals surface area contributed by atoms with Crippen molar-refractivity contribution in [3.63, 3.8) is 0 Å². The first-order chi connectivity index (χ1) is 12.6. The fraction of sp³-hybridized carbons (Fsp3) is 0.650. The van der Waals surface area contributed by atoms with Crippen LogP contribution in [-0.2, 0) is 23.9 Å². The maximum atomic E-state index is 13.1. The zero-order valence-electron chi connectivity index (χ0n) is 15.4. The Morgan fingerprint density at radius 3 is 2.67 bits per heavy atom. The van der Waals surface area contributed by atoms with E-state index in [2.05, 4.69) is 0 Å². The van der Waals surface area contributed by atoms with Crippen molar-refractivity contribution >= 4 is 17.5 Å². The highest BCUT2D eigenvalue weighted by Crippen LogP contribution is 2.72. The maximum Gasteiger partial charge on any atom is 0.306 e. The number of aliphatic hydroxyl groups excluding tert-OH is 1. The fourth-order valence-electron chi connectivity index (χ4n) is 6.62. The summed E-state index contributed by atoms with van der Waals surface area (Å²) in [5, 5.41) is 21.9. The molecule has 5 aliphatic rings. The molecule has 2 heterocycles. The highest BCUT2D eigenvalue weighted by Gasteiger charge is 2.78. The Hall–Kier alpha value is -1.99. The number of aliphatic hydroxyl groups is 2. The Labute approximate surface area is 156 Å². The number of Topliss-reactive ketones (excluding diaryl/α,β-unsaturated/α-hetero) is 1. The van der Waals surface area contributed by atoms with Gasteiger partial charge in [0, 0.05) is 11.5 Å². The summed E-state index contributed by atoms with van der Waals surface area (Å²) in [6.07, 6.45) is 1.10. The van der Waals surface area contributed by atoms with E-state index in [4.69, 9.17) is 9.47 Å². The minimum atomic E-state index is -2.18. The van der Waals surface area contributed by atoms with Gasteiger partial charge in [-0.25, -0.2) is 0 Å². The van der Waals surface area contributed by atoms with Gasteiger partial charge in [-0.15, -0.1) is 0 Å². The van der Waals surface area contributed by atoms with Crippen LogP contribution in [0.1, 0.15) is 33.6 Å². The van der Waals surface area contributed by atoms with Crippen molar-refractivity contribution in [1.82, 2.24) is 0 Å². The lowest BCUT2D eigenvalue weighted by Crippen LogP contribution is -2.68. The molecule has 7 atom stereocenters. The number of hydrogen-bond acceptors (Lipinski definition) is 7. The second kappa shape index (κ2) is 4.70. The molecule has 0 unspecified atom stereocenters. The second-order valence-corrected chi connectivity index (χ2v) is 8.83. The first-order valence-electron chi connectivity index (χ1n) is 9.36. The van der Waals surface area contributed by atoms with Crippen LogP contribution in [0.2, 0.25) is 0 Å². The predicted molar refractivity (Wildman–Crippen MR) is 89.7 cm³/mol. The molecule has 1 saturated carbocycles. The monoisotopic (exact) mass is 374 g/mol. The van der Waals surface area contributed by atoms with Gasteiger partial charge in [0.05, 0.1) is 23.9 Å². The lowest BCUT2D eigenvalue weighted by molar-refractivity contribution is -0.236. The highest BCUT2D eigenvalue weighted by atomic mass is 16.6. The fourth-order valence-corrected chi connectivity index (χ4v) is 6.62. The Morgan fingerprint density at radius 1 is 1.30 bits per heavy atom. The molecule has 0 aromatic heterocycles. The Morgan fingerprint density at radius 2 is 2.00 bits per heavy atom. The van der Waals surface area contributed by atoms with E-state index in [0.29, 0.717) is 12.0 Å². The Balaban J connectivity index is 1.87. The summed E-state index contributed by atoms with van der Waals surface area (Å²) >= 11 is 0. The number of esters is 1. The van der Waals surface area contributed by atoms with Gasteiger partial charge in [0.2, 0.25) is 11.6 Å². The number of carbonyl (C=O) groups excluding carboxylic acids is 3. The van der Waals surface area contributed by atoms with E-state index in [0.717, 1.165) is 5.57 Å². The summed E-state index contributed by atoms with van der Waals surface area (Å²) in [4.78, 5) is 38.2. The molecule has 2 aliphatic heterocycles. The zero-order chi connectivity index (χ0) is 19.5. The average Bonchev–Trinajstić information content (AvgIpc) is 2.88. The van der Waals surface area contributed by atoms with E-state index in [1.54, 1.807) is 20.8 Å². The molecule has 0 radical (unpaired) electrons. The number of ether oxygens (including phenoxy) is 2. The van der Waals surface area contributed by atoms with Crippen LogP contribution >= 0.6 is 0 Å². The maximum absolute atomic E-state index is 13.1. The molecule has 1 saturated heterocycles. The van der Waals surface area contributed by atoms with Crippen LogP contribution < -0.4 is 0 Å². The number of allylic oxidation sites excluding steroid dienone is 2. The van der Waals surface area contributed by atoms with Crippen LogP contribution in [0.4, 0.5) is 0 Å². The van der Waals surface area contributed by atoms with Gasteiger partial charge in [0.1, 0.15) is 6.10 Å². The number of hydrogen-bond donors (Lipinski definition) is 2. The molecule has 0 amide bonds. The van der Waals surface area contributed by atoms with Crippen molar-refractivity contribution in [3.8, 4) is 0 Å². The molecule has 144 valence electrons. The molecular weight excluding hydrogens is 352 g/mol. The molecule has 7 nitrogen and oxygen atoms in total. The van der Waals surface area contributed by atoms with Gasteiger partial charge >= 0.3 is 5.97 Å². The van der Waals surface area contributed by atoms with Crippen LogP contribution in [-0.4, -0.2) is 46.2 Å². The smallest absolute Gasteiger partial charge is 0.306 e. The second-order valence-electron chi connectivity index (χ2n) is 8.83. The quantitative estimate of drug-likeness (QED) is 0.648. The SMILES string of the molecule is CC1=CC(=O)[C@]2(O)OC3=C4[C@@]5(CO)[C@@H](C[C@H]1[C@@]42C)OC(=O)C[C@H]5[C@@H](C)C3=O. The summed E-state index contributed by atoms with van der Waals surface area (Å²) in [5.74, 6) is -4.90. The van der Waals surface area contributed by atoms with Crippen LogP contribution in [0.3, 0.4) is 0 Å². The van der Waals surface area contributed by atoms with Gasteiger partial charge in [-0.05, 0) is 38.2 Å². The van der Waals surface area contributed by atoms with E-state index in [1.807, 2.05) is 0 Å². The molecule has 0 bridgehead atoms. The summed E-state index contributed by atoms with van der Waals surface area (Å²) < 4.78 is 11.4. The molecule has 0 aromatic rings. The topological polar surface area (TPSA) is 110 Å². The third-order valence-corrected chi connectivity index (χ3v) is 7.95. The van der Waals surface area contributed by atoms with Crippen molar-refractivity contribution in [3.05, 3.63) is 23.0 Å². The molecular formula is C20H22O7. The highest BCUT2D eigenvalue weighted by molar-refractivity contribution is 6.04. The molecule has 2 fully saturated rings. The Bertz CT molecular complexity index is 885. The Kier molecular flexibility index (Phi) is 2.98. The molecule has 7 heteroatoms. The van der Waals surface area contributed by atoms with Crippen LogP contribution in [0.5, 0.6) is 0 Å². The summed E-state index contributed by atoms with van der Waals surface area (Å²) in [6, 6.07) is 0. The summed E-state index contributed by atoms with van der Waals surface area (Å²) in [6.45, 7) is 4.90. The first kappa shape index (κ1) is 17.1. The van der Waals surface area contributed by atoms with E-state index in [-0.39, 0.29) is 36.5 Å². The van der Waals surface area contributed by atoms with Gasteiger partial charge in [-0.3, -0.25) is 14.4 Å². The van der Waals surface area contributed by atoms with E-state index in [1.165, 1.54) is 6.08 Å². The molecule has 5 rings (SSSR count). The van der Waals surface area contributed by atoms with Crippen molar-refractivity contribution in [2.24, 2.45) is 28.6 Å². The third-order valence-electron chi connectivity index (χ3n) is 7.95. The van der Waals surface area contributed by atoms with Crippen molar-refractivity contribution in [2.75, 3.05) is 6.61 Å². The van der Waals surface area contributed by atoms with Crippen molar-refractivity contribution in [1.29, 1.82) is 0 Å². The normalized spacial score (nSPS) is 50.1. The van der Waals surface area contributed by atoms with Crippen molar-refractivity contribution in [2.45, 2.75) is 45.5 Å². The molecule has 27 heavy (non-hydrogen) atoms. The largest absolute Gasteiger partial charge is 0.461 e. The van der Waals surface area contributed by atoms with E-state index in [9.17, 15) is 24.6 Å². The predicted octanol–water partition coefficient (Wildman–Crippen LogP) is 0.644. The summed E-state index contributed by atoms with van der Waals surface area (Å²) in [5.41, 5.74) is -0.998. The van der Waals surface area contributed by atoms with Gasteiger partial charge in [0.15, 0.2) is 5.76 Å². The lowest BCUT2D eigenvalue weighted by Gasteiger charge is -2.61. The minimum absolute atomic E-state index is 0.0166. The zero-order valence-corrected chi connectivity index (χ0v) is 15.4. The number of carbonyl (C=O) groups is 3. The van der Waals surface area contributed by atoms with Crippen LogP contribution in [0.25, 0.3) is 0 Å². The molecule has 3 aliphatic carbocycles. The van der Waals surface area contributed by atoms with Crippen LogP contribution in [0.15, 0.2) is 23.0 Å². The molecule has 0 spiro atoms. The van der Waals surface area contributed by atoms with Gasteiger partial charge in [0.25, 0.3) is 5.79 Å². The first-order valence-corrected chi connectivity index (χ1v) is 9.36. The van der Waals surface area contributed by atoms with Gasteiger partial charge in [-0.1, -0.05) is 12.5 Å². The minimum Gasteiger partial charge on any atom is -0.461 e. The standard InChI is InChI=1S/C20H22O7/c1-8-4-12(22)20(25)18(3)10(8)5-13-19(7-21)11(6-14(23)26-13)9(2)15(24)16(27-20)17(18)19/h4,9-11,13,21,25H,5-7H2,1-3H3/t9-,10-,11+,13-,18+,19-,20+/m1/s1. The lowest BCUT2D eigenvalue weighted by atomic mass is 9.42.